The predicted octanol–water partition coefficient (Wildman–Crippen LogP) is 1.59. The normalized spacial score (nSPS) is 13.8. The molecule has 1 rings (SSSR count). The van der Waals surface area contributed by atoms with Crippen molar-refractivity contribution in [2.75, 3.05) is 18.1 Å². The van der Waals surface area contributed by atoms with Crippen LogP contribution in [-0.2, 0) is 16.4 Å². The van der Waals surface area contributed by atoms with E-state index in [9.17, 15) is 8.42 Å². The van der Waals surface area contributed by atoms with E-state index in [2.05, 4.69) is 19.2 Å². The Morgan fingerprint density at radius 3 is 2.71 bits per heavy atom. The van der Waals surface area contributed by atoms with Gasteiger partial charge in [-0.1, -0.05) is 13.8 Å². The summed E-state index contributed by atoms with van der Waals surface area (Å²) in [5, 5.41) is 3.33. The Balaban J connectivity index is 2.69. The van der Waals surface area contributed by atoms with Crippen molar-refractivity contribution in [1.29, 1.82) is 0 Å². The molecular weight excluding hydrogens is 236 g/mol. The summed E-state index contributed by atoms with van der Waals surface area (Å²) in [5.74, 6) is 0.427. The number of nitrogens with one attached hydrogen (secondary N) is 1. The van der Waals surface area contributed by atoms with Crippen LogP contribution in [0.5, 0.6) is 0 Å². The molecule has 0 saturated carbocycles. The van der Waals surface area contributed by atoms with Gasteiger partial charge in [-0.3, -0.25) is 0 Å². The van der Waals surface area contributed by atoms with Crippen LogP contribution in [0.25, 0.3) is 0 Å². The van der Waals surface area contributed by atoms with Gasteiger partial charge in [0.1, 0.15) is 0 Å². The molecule has 0 fully saturated rings. The van der Waals surface area contributed by atoms with Crippen LogP contribution in [-0.4, -0.2) is 31.0 Å². The lowest BCUT2D eigenvalue weighted by atomic mass is 10.2. The zero-order valence-corrected chi connectivity index (χ0v) is 11.6. The lowest BCUT2D eigenvalue weighted by Gasteiger charge is -2.16. The van der Waals surface area contributed by atoms with Crippen molar-refractivity contribution in [2.45, 2.75) is 33.4 Å². The Labute approximate surface area is 104 Å². The molecule has 0 bridgehead atoms. The number of rotatable bonds is 7. The topological polar surface area (TPSA) is 51.1 Å². The molecule has 0 aliphatic heterocycles. The van der Waals surface area contributed by atoms with Gasteiger partial charge >= 0.3 is 0 Å². The van der Waals surface area contributed by atoms with Gasteiger partial charge in [-0.15, -0.1) is 0 Å². The Bertz CT molecular complexity index is 437. The summed E-state index contributed by atoms with van der Waals surface area (Å²) < 4.78 is 25.0. The molecule has 1 heterocycles. The van der Waals surface area contributed by atoms with Crippen LogP contribution in [0.2, 0.25) is 0 Å². The first-order chi connectivity index (χ1) is 8.00. The summed E-state index contributed by atoms with van der Waals surface area (Å²) in [6.07, 6.45) is 1.94. The van der Waals surface area contributed by atoms with Gasteiger partial charge in [0, 0.05) is 30.2 Å². The van der Waals surface area contributed by atoms with Gasteiger partial charge < -0.3 is 9.88 Å². The summed E-state index contributed by atoms with van der Waals surface area (Å²) in [4.78, 5) is 0. The molecule has 1 atom stereocenters. The van der Waals surface area contributed by atoms with Crippen molar-refractivity contribution in [3.63, 3.8) is 0 Å². The van der Waals surface area contributed by atoms with Crippen molar-refractivity contribution >= 4 is 9.84 Å². The van der Waals surface area contributed by atoms with E-state index in [0.717, 1.165) is 12.2 Å². The third kappa shape index (κ3) is 4.16. The highest BCUT2D eigenvalue weighted by atomic mass is 32.2. The van der Waals surface area contributed by atoms with Crippen LogP contribution >= 0.6 is 0 Å². The van der Waals surface area contributed by atoms with Crippen LogP contribution < -0.4 is 5.32 Å². The Kier molecular flexibility index (Phi) is 5.21. The maximum absolute atomic E-state index is 11.5. The van der Waals surface area contributed by atoms with Crippen LogP contribution in [0.1, 0.15) is 32.5 Å². The fourth-order valence-electron chi connectivity index (χ4n) is 1.82. The quantitative estimate of drug-likeness (QED) is 0.808. The van der Waals surface area contributed by atoms with Gasteiger partial charge in [-0.25, -0.2) is 8.42 Å². The van der Waals surface area contributed by atoms with Crippen molar-refractivity contribution in [3.05, 3.63) is 24.0 Å². The Morgan fingerprint density at radius 2 is 2.12 bits per heavy atom. The molecular formula is C12H22N2O2S. The highest BCUT2D eigenvalue weighted by Crippen LogP contribution is 2.13. The van der Waals surface area contributed by atoms with E-state index in [0.29, 0.717) is 6.54 Å². The van der Waals surface area contributed by atoms with E-state index in [1.807, 2.05) is 22.9 Å². The summed E-state index contributed by atoms with van der Waals surface area (Å²) in [5.41, 5.74) is 1.14. The zero-order valence-electron chi connectivity index (χ0n) is 10.8. The monoisotopic (exact) mass is 258 g/mol. The van der Waals surface area contributed by atoms with E-state index in [-0.39, 0.29) is 17.5 Å². The molecule has 0 amide bonds. The Hall–Kier alpha value is -0.810. The lowest BCUT2D eigenvalue weighted by molar-refractivity contribution is 0.544. The van der Waals surface area contributed by atoms with E-state index < -0.39 is 9.84 Å². The number of aryl methyl sites for hydroxylation is 1. The molecule has 1 aromatic rings. The first-order valence-electron chi connectivity index (χ1n) is 6.09. The minimum Gasteiger partial charge on any atom is -0.349 e. The van der Waals surface area contributed by atoms with Crippen molar-refractivity contribution < 1.29 is 8.42 Å². The maximum atomic E-state index is 11.5. The number of nitrogens with zero attached hydrogens (tertiary/aromatic N) is 1. The molecule has 0 saturated heterocycles. The highest BCUT2D eigenvalue weighted by molar-refractivity contribution is 7.91. The maximum Gasteiger partial charge on any atom is 0.151 e. The number of aromatic nitrogens is 1. The third-order valence-corrected chi connectivity index (χ3v) is 4.59. The lowest BCUT2D eigenvalue weighted by Crippen LogP contribution is -2.22. The molecule has 1 aromatic heterocycles. The van der Waals surface area contributed by atoms with Crippen LogP contribution in [0.4, 0.5) is 0 Å². The summed E-state index contributed by atoms with van der Waals surface area (Å²) in [6, 6.07) is 4.24. The second-order valence-electron chi connectivity index (χ2n) is 4.14. The highest BCUT2D eigenvalue weighted by Gasteiger charge is 2.12. The molecule has 5 heteroatoms. The van der Waals surface area contributed by atoms with Gasteiger partial charge in [0.05, 0.1) is 5.75 Å². The molecule has 0 aliphatic carbocycles. The van der Waals surface area contributed by atoms with Crippen LogP contribution in [0, 0.1) is 0 Å². The number of hydrogen-bond acceptors (Lipinski definition) is 3. The van der Waals surface area contributed by atoms with Crippen LogP contribution in [0.3, 0.4) is 0 Å². The second-order valence-corrected chi connectivity index (χ2v) is 6.61. The second kappa shape index (κ2) is 6.21. The average molecular weight is 258 g/mol. The largest absolute Gasteiger partial charge is 0.349 e. The number of sulfone groups is 1. The van der Waals surface area contributed by atoms with Gasteiger partial charge in [0.25, 0.3) is 0 Å². The average Bonchev–Trinajstić information content (AvgIpc) is 2.75. The molecule has 1 N–H and O–H groups in total. The fraction of sp³-hybridized carbons (Fsp3) is 0.667. The van der Waals surface area contributed by atoms with Crippen molar-refractivity contribution in [1.82, 2.24) is 9.88 Å². The molecule has 0 spiro atoms. The third-order valence-electron chi connectivity index (χ3n) is 2.90. The molecule has 17 heavy (non-hydrogen) atoms. The van der Waals surface area contributed by atoms with E-state index in [1.54, 1.807) is 6.92 Å². The van der Waals surface area contributed by atoms with E-state index >= 15 is 0 Å². The first kappa shape index (κ1) is 14.3. The molecule has 98 valence electrons. The molecule has 1 unspecified atom stereocenters. The molecule has 0 aliphatic rings. The number of hydrogen-bond donors (Lipinski definition) is 1. The van der Waals surface area contributed by atoms with E-state index in [4.69, 9.17) is 0 Å². The predicted molar refractivity (Wildman–Crippen MR) is 70.9 cm³/mol. The van der Waals surface area contributed by atoms with Gasteiger partial charge in [-0.05, 0) is 25.6 Å². The van der Waals surface area contributed by atoms with Crippen molar-refractivity contribution in [3.8, 4) is 0 Å². The minimum atomic E-state index is -2.89. The molecule has 0 aromatic carbocycles. The molecule has 4 nitrogen and oxygen atoms in total. The van der Waals surface area contributed by atoms with Crippen molar-refractivity contribution in [2.24, 2.45) is 0 Å². The van der Waals surface area contributed by atoms with Gasteiger partial charge in [0.2, 0.25) is 0 Å². The molecule has 0 radical (unpaired) electrons. The minimum absolute atomic E-state index is 0.212. The van der Waals surface area contributed by atoms with Gasteiger partial charge in [0.15, 0.2) is 9.84 Å². The summed E-state index contributed by atoms with van der Waals surface area (Å²) in [7, 11) is -2.89. The smallest absolute Gasteiger partial charge is 0.151 e. The summed E-state index contributed by atoms with van der Waals surface area (Å²) >= 11 is 0. The van der Waals surface area contributed by atoms with Gasteiger partial charge in [-0.2, -0.15) is 0 Å². The van der Waals surface area contributed by atoms with E-state index in [1.165, 1.54) is 0 Å². The standard InChI is InChI=1S/C12H22N2O2S/c1-4-13-11(3)12-7-6-8-14(12)9-10-17(15,16)5-2/h6-8,11,13H,4-5,9-10H2,1-3H3. The SMILES string of the molecule is CCNC(C)c1cccn1CCS(=O)(=O)CC. The first-order valence-corrected chi connectivity index (χ1v) is 7.91. The Morgan fingerprint density at radius 1 is 1.41 bits per heavy atom. The van der Waals surface area contributed by atoms with Crippen LogP contribution in [0.15, 0.2) is 18.3 Å². The zero-order chi connectivity index (χ0) is 12.9. The fourth-order valence-corrected chi connectivity index (χ4v) is 2.58. The summed E-state index contributed by atoms with van der Waals surface area (Å²) in [6.45, 7) is 7.27.